The molecule has 0 aromatic carbocycles. The van der Waals surface area contributed by atoms with Crippen molar-refractivity contribution >= 4 is 17.1 Å². The molecule has 2 unspecified atom stereocenters. The van der Waals surface area contributed by atoms with E-state index in [1.807, 2.05) is 0 Å². The molecule has 1 rings (SSSR count). The largest absolute Gasteiger partial charge is 0.420 e. The summed E-state index contributed by atoms with van der Waals surface area (Å²) >= 11 is 0. The molecule has 1 fully saturated rings. The lowest BCUT2D eigenvalue weighted by Crippen LogP contribution is -2.41. The Balaban J connectivity index is 2.54. The van der Waals surface area contributed by atoms with E-state index in [9.17, 15) is 0 Å². The van der Waals surface area contributed by atoms with E-state index in [4.69, 9.17) is 4.43 Å². The Hall–Kier alpha value is 0.394. The van der Waals surface area contributed by atoms with Crippen molar-refractivity contribution < 1.29 is 4.43 Å². The first-order valence-corrected chi connectivity index (χ1v) is 11.2. The van der Waals surface area contributed by atoms with E-state index in [0.29, 0.717) is 0 Å². The van der Waals surface area contributed by atoms with Gasteiger partial charge in [0.05, 0.1) is 0 Å². The molecule has 1 aliphatic rings. The van der Waals surface area contributed by atoms with E-state index in [-0.39, 0.29) is 0 Å². The Morgan fingerprint density at radius 2 is 2.00 bits per heavy atom. The van der Waals surface area contributed by atoms with E-state index in [0.717, 1.165) is 11.8 Å². The van der Waals surface area contributed by atoms with Crippen LogP contribution in [0.4, 0.5) is 0 Å². The SMILES string of the molecule is CCC([SiH]1CCCCO1)[Si](C)(C)C. The maximum Gasteiger partial charge on any atom is 0.177 e. The first-order valence-electron chi connectivity index (χ1n) is 5.67. The van der Waals surface area contributed by atoms with Gasteiger partial charge in [-0.25, -0.2) is 0 Å². The van der Waals surface area contributed by atoms with E-state index in [1.165, 1.54) is 25.3 Å². The molecule has 13 heavy (non-hydrogen) atoms. The average molecular weight is 216 g/mol. The second kappa shape index (κ2) is 4.76. The van der Waals surface area contributed by atoms with Crippen molar-refractivity contribution in [1.29, 1.82) is 0 Å². The quantitative estimate of drug-likeness (QED) is 0.659. The van der Waals surface area contributed by atoms with Crippen LogP contribution in [0.1, 0.15) is 26.2 Å². The van der Waals surface area contributed by atoms with Crippen LogP contribution in [0.25, 0.3) is 0 Å². The zero-order chi connectivity index (χ0) is 9.90. The summed E-state index contributed by atoms with van der Waals surface area (Å²) in [5.74, 6) is 0. The highest BCUT2D eigenvalue weighted by Gasteiger charge is 2.35. The van der Waals surface area contributed by atoms with Gasteiger partial charge in [0.25, 0.3) is 0 Å². The molecule has 0 aliphatic carbocycles. The first kappa shape index (κ1) is 11.5. The van der Waals surface area contributed by atoms with Crippen LogP contribution in [0.15, 0.2) is 0 Å². The van der Waals surface area contributed by atoms with Crippen LogP contribution < -0.4 is 0 Å². The summed E-state index contributed by atoms with van der Waals surface area (Å²) in [6.07, 6.45) is 4.12. The van der Waals surface area contributed by atoms with Gasteiger partial charge in [0.15, 0.2) is 9.04 Å². The van der Waals surface area contributed by atoms with Gasteiger partial charge in [0.2, 0.25) is 0 Å². The van der Waals surface area contributed by atoms with E-state index in [1.54, 1.807) is 0 Å². The molecule has 1 nitrogen and oxygen atoms in total. The van der Waals surface area contributed by atoms with Gasteiger partial charge in [0.1, 0.15) is 0 Å². The fourth-order valence-electron chi connectivity index (χ4n) is 2.52. The highest BCUT2D eigenvalue weighted by Crippen LogP contribution is 2.32. The Kier molecular flexibility index (Phi) is 4.20. The molecule has 78 valence electrons. The van der Waals surface area contributed by atoms with Crippen LogP contribution in [0, 0.1) is 0 Å². The highest BCUT2D eigenvalue weighted by molar-refractivity contribution is 6.88. The number of rotatable bonds is 3. The first-order chi connectivity index (χ1) is 6.05. The summed E-state index contributed by atoms with van der Waals surface area (Å²) in [6, 6.07) is 1.45. The third-order valence-corrected chi connectivity index (χ3v) is 13.0. The van der Waals surface area contributed by atoms with Gasteiger partial charge in [-0.15, -0.1) is 0 Å². The zero-order valence-corrected chi connectivity index (χ0v) is 11.8. The van der Waals surface area contributed by atoms with E-state index < -0.39 is 17.1 Å². The third kappa shape index (κ3) is 3.22. The number of hydrogen-bond acceptors (Lipinski definition) is 1. The molecular formula is C10H24OSi2. The van der Waals surface area contributed by atoms with Crippen LogP contribution in [0.5, 0.6) is 0 Å². The lowest BCUT2D eigenvalue weighted by atomic mass is 10.4. The van der Waals surface area contributed by atoms with Crippen LogP contribution in [-0.4, -0.2) is 23.7 Å². The summed E-state index contributed by atoms with van der Waals surface area (Å²) in [4.78, 5) is 0. The monoisotopic (exact) mass is 216 g/mol. The summed E-state index contributed by atoms with van der Waals surface area (Å²) < 4.78 is 6.03. The smallest absolute Gasteiger partial charge is 0.177 e. The summed E-state index contributed by atoms with van der Waals surface area (Å²) in [5, 5.41) is 1.01. The lowest BCUT2D eigenvalue weighted by molar-refractivity contribution is 0.283. The molecule has 0 amide bonds. The maximum absolute atomic E-state index is 6.03. The molecule has 1 aliphatic heterocycles. The maximum atomic E-state index is 6.03. The van der Waals surface area contributed by atoms with Gasteiger partial charge < -0.3 is 4.43 Å². The van der Waals surface area contributed by atoms with E-state index in [2.05, 4.69) is 26.6 Å². The van der Waals surface area contributed by atoms with Gasteiger partial charge >= 0.3 is 0 Å². The fraction of sp³-hybridized carbons (Fsp3) is 1.00. The molecule has 3 heteroatoms. The Morgan fingerprint density at radius 3 is 2.38 bits per heavy atom. The summed E-state index contributed by atoms with van der Waals surface area (Å²) in [6.45, 7) is 10.9. The molecule has 0 spiro atoms. The van der Waals surface area contributed by atoms with Crippen molar-refractivity contribution in [3.8, 4) is 0 Å². The van der Waals surface area contributed by atoms with Crippen LogP contribution in [0.2, 0.25) is 30.8 Å². The summed E-state index contributed by atoms with van der Waals surface area (Å²) in [7, 11) is -1.74. The zero-order valence-electron chi connectivity index (χ0n) is 9.60. The highest BCUT2D eigenvalue weighted by atomic mass is 28.4. The molecule has 1 saturated heterocycles. The molecule has 0 saturated carbocycles. The van der Waals surface area contributed by atoms with Gasteiger partial charge in [-0.05, 0) is 17.6 Å². The van der Waals surface area contributed by atoms with Crippen molar-refractivity contribution in [2.45, 2.75) is 57.0 Å². The van der Waals surface area contributed by atoms with Crippen molar-refractivity contribution in [1.82, 2.24) is 0 Å². The Labute approximate surface area is 85.6 Å². The van der Waals surface area contributed by atoms with Crippen LogP contribution in [-0.2, 0) is 4.43 Å². The molecule has 0 bridgehead atoms. The molecular weight excluding hydrogens is 192 g/mol. The van der Waals surface area contributed by atoms with Crippen LogP contribution >= 0.6 is 0 Å². The normalized spacial score (nSPS) is 27.2. The van der Waals surface area contributed by atoms with Crippen molar-refractivity contribution in [3.63, 3.8) is 0 Å². The van der Waals surface area contributed by atoms with Gasteiger partial charge in [-0.3, -0.25) is 0 Å². The predicted molar refractivity (Wildman–Crippen MR) is 64.5 cm³/mol. The van der Waals surface area contributed by atoms with Crippen molar-refractivity contribution in [2.75, 3.05) is 6.61 Å². The molecule has 0 radical (unpaired) electrons. The second-order valence-electron chi connectivity index (χ2n) is 5.29. The molecule has 1 heterocycles. The minimum Gasteiger partial charge on any atom is -0.420 e. The van der Waals surface area contributed by atoms with Crippen LogP contribution in [0.3, 0.4) is 0 Å². The Bertz CT molecular complexity index is 147. The van der Waals surface area contributed by atoms with Gasteiger partial charge in [-0.2, -0.15) is 0 Å². The second-order valence-corrected chi connectivity index (χ2v) is 14.2. The molecule has 2 atom stereocenters. The fourth-order valence-corrected chi connectivity index (χ4v) is 11.5. The van der Waals surface area contributed by atoms with Crippen molar-refractivity contribution in [3.05, 3.63) is 0 Å². The predicted octanol–water partition coefficient (Wildman–Crippen LogP) is 3.18. The third-order valence-electron chi connectivity index (χ3n) is 3.22. The number of hydrogen-bond donors (Lipinski definition) is 0. The van der Waals surface area contributed by atoms with Crippen molar-refractivity contribution in [2.24, 2.45) is 0 Å². The topological polar surface area (TPSA) is 9.23 Å². The Morgan fingerprint density at radius 1 is 1.31 bits per heavy atom. The van der Waals surface area contributed by atoms with Gasteiger partial charge in [0, 0.05) is 14.7 Å². The minimum absolute atomic E-state index is 0.804. The van der Waals surface area contributed by atoms with E-state index >= 15 is 0 Å². The standard InChI is InChI=1S/C10H24OSi2/c1-5-10(13(2,3)4)12-9-7-6-8-11-12/h10,12H,5-9H2,1-4H3. The minimum atomic E-state index is -0.937. The lowest BCUT2D eigenvalue weighted by Gasteiger charge is -2.36. The molecule has 0 aromatic rings. The average Bonchev–Trinajstić information content (AvgIpc) is 2.05. The molecule has 0 aromatic heterocycles. The molecule has 0 N–H and O–H groups in total. The van der Waals surface area contributed by atoms with Gasteiger partial charge in [-0.1, -0.05) is 39.4 Å². The summed E-state index contributed by atoms with van der Waals surface area (Å²) in [5.41, 5.74) is 0.